The second-order valence-electron chi connectivity index (χ2n) is 10.7. The van der Waals surface area contributed by atoms with Gasteiger partial charge in [0.15, 0.2) is 5.76 Å². The maximum Gasteiger partial charge on any atom is 0.265 e. The summed E-state index contributed by atoms with van der Waals surface area (Å²) in [5.41, 5.74) is 3.48. The number of hydrogen-bond acceptors (Lipinski definition) is 7. The summed E-state index contributed by atoms with van der Waals surface area (Å²) < 4.78 is 46.9. The van der Waals surface area contributed by atoms with Gasteiger partial charge in [0.25, 0.3) is 15.9 Å². The van der Waals surface area contributed by atoms with E-state index >= 15 is 0 Å². The van der Waals surface area contributed by atoms with Gasteiger partial charge in [0.1, 0.15) is 17.0 Å². The molecule has 6 rings (SSSR count). The second-order valence-corrected chi connectivity index (χ2v) is 12.4. The number of amides is 1. The second kappa shape index (κ2) is 11.2. The summed E-state index contributed by atoms with van der Waals surface area (Å²) in [5, 5.41) is 1.39. The van der Waals surface area contributed by atoms with Crippen LogP contribution in [0.4, 0.5) is 0 Å². The van der Waals surface area contributed by atoms with E-state index in [4.69, 9.17) is 18.9 Å². The molecule has 0 radical (unpaired) electrons. The maximum atomic E-state index is 13.9. The average Bonchev–Trinajstić information content (AvgIpc) is 3.35. The number of sulfonamides is 1. The summed E-state index contributed by atoms with van der Waals surface area (Å²) in [4.78, 5) is 18.9. The topological polar surface area (TPSA) is 108 Å². The van der Waals surface area contributed by atoms with E-state index in [0.717, 1.165) is 29.4 Å². The van der Waals surface area contributed by atoms with Crippen LogP contribution in [0.5, 0.6) is 5.75 Å². The molecule has 1 aliphatic rings. The van der Waals surface area contributed by atoms with E-state index in [-0.39, 0.29) is 22.5 Å². The number of fused-ring (bicyclic) bond motifs is 2. The average molecular weight is 585 g/mol. The van der Waals surface area contributed by atoms with Crippen molar-refractivity contribution in [1.29, 1.82) is 0 Å². The number of benzene rings is 3. The molecule has 3 aromatic carbocycles. The lowest BCUT2D eigenvalue weighted by Crippen LogP contribution is -2.31. The molecule has 0 unspecified atom stereocenters. The number of hydrogen-bond donors (Lipinski definition) is 1. The van der Waals surface area contributed by atoms with Gasteiger partial charge in [0.05, 0.1) is 27.5 Å². The summed E-state index contributed by atoms with van der Waals surface area (Å²) in [5.74, 6) is 0.489. The summed E-state index contributed by atoms with van der Waals surface area (Å²) in [6.07, 6.45) is 1.60. The molecule has 0 bridgehead atoms. The molecule has 1 saturated heterocycles. The predicted molar refractivity (Wildman–Crippen MR) is 161 cm³/mol. The SMILES string of the molecule is Cc1c(-c2cc(C(=O)NS(=O)(=O)c3ccccc3)c3c(O[C@H](C)C4CCOCC4)ccc(C)c3n2)oc2ccccc12. The Labute approximate surface area is 244 Å². The number of pyridine rings is 1. The van der Waals surface area contributed by atoms with E-state index in [9.17, 15) is 13.2 Å². The number of nitrogens with one attached hydrogen (secondary N) is 1. The van der Waals surface area contributed by atoms with Gasteiger partial charge in [-0.25, -0.2) is 18.1 Å². The van der Waals surface area contributed by atoms with Crippen molar-refractivity contribution in [1.82, 2.24) is 9.71 Å². The van der Waals surface area contributed by atoms with Gasteiger partial charge >= 0.3 is 0 Å². The minimum absolute atomic E-state index is 0.00847. The third-order valence-corrected chi connectivity index (χ3v) is 9.32. The van der Waals surface area contributed by atoms with Gasteiger partial charge in [-0.3, -0.25) is 4.79 Å². The lowest BCUT2D eigenvalue weighted by atomic mass is 9.94. The minimum Gasteiger partial charge on any atom is -0.490 e. The van der Waals surface area contributed by atoms with Crippen LogP contribution in [0.2, 0.25) is 0 Å². The maximum absolute atomic E-state index is 13.9. The highest BCUT2D eigenvalue weighted by Crippen LogP contribution is 2.38. The van der Waals surface area contributed by atoms with Gasteiger partial charge in [-0.05, 0) is 75.4 Å². The molecule has 2 aromatic heterocycles. The largest absolute Gasteiger partial charge is 0.490 e. The van der Waals surface area contributed by atoms with Crippen LogP contribution in [0.3, 0.4) is 0 Å². The number of carbonyl (C=O) groups is 1. The molecule has 1 aliphatic heterocycles. The monoisotopic (exact) mass is 584 g/mol. The molecular formula is C33H32N2O6S. The zero-order valence-corrected chi connectivity index (χ0v) is 24.5. The fraction of sp³-hybridized carbons (Fsp3) is 0.273. The van der Waals surface area contributed by atoms with Crippen molar-refractivity contribution in [3.8, 4) is 17.2 Å². The Hall–Kier alpha value is -4.21. The van der Waals surface area contributed by atoms with Crippen molar-refractivity contribution in [2.75, 3.05) is 13.2 Å². The normalized spacial score (nSPS) is 15.1. The highest BCUT2D eigenvalue weighted by Gasteiger charge is 2.27. The molecule has 1 amide bonds. The zero-order chi connectivity index (χ0) is 29.4. The van der Waals surface area contributed by atoms with E-state index in [1.807, 2.05) is 57.2 Å². The highest BCUT2D eigenvalue weighted by molar-refractivity contribution is 7.90. The number of carbonyl (C=O) groups excluding carboxylic acids is 1. The Morgan fingerprint density at radius 1 is 1.00 bits per heavy atom. The molecule has 0 aliphatic carbocycles. The van der Waals surface area contributed by atoms with Crippen molar-refractivity contribution >= 4 is 37.8 Å². The first-order valence-electron chi connectivity index (χ1n) is 14.0. The van der Waals surface area contributed by atoms with E-state index in [1.54, 1.807) is 24.3 Å². The predicted octanol–water partition coefficient (Wildman–Crippen LogP) is 6.58. The number of furan rings is 1. The third-order valence-electron chi connectivity index (χ3n) is 7.97. The molecule has 1 fully saturated rings. The molecule has 42 heavy (non-hydrogen) atoms. The van der Waals surface area contributed by atoms with E-state index in [0.29, 0.717) is 46.9 Å². The fourth-order valence-electron chi connectivity index (χ4n) is 5.57. The van der Waals surface area contributed by atoms with E-state index in [1.165, 1.54) is 12.1 Å². The first-order chi connectivity index (χ1) is 20.2. The highest BCUT2D eigenvalue weighted by atomic mass is 32.2. The Bertz CT molecular complexity index is 1890. The Morgan fingerprint density at radius 3 is 2.45 bits per heavy atom. The van der Waals surface area contributed by atoms with Crippen molar-refractivity contribution in [2.45, 2.75) is 44.6 Å². The van der Waals surface area contributed by atoms with Crippen LogP contribution < -0.4 is 9.46 Å². The lowest BCUT2D eigenvalue weighted by Gasteiger charge is -2.29. The lowest BCUT2D eigenvalue weighted by molar-refractivity contribution is 0.0243. The van der Waals surface area contributed by atoms with Crippen molar-refractivity contribution in [3.63, 3.8) is 0 Å². The van der Waals surface area contributed by atoms with Crippen LogP contribution >= 0.6 is 0 Å². The van der Waals surface area contributed by atoms with Gasteiger partial charge in [-0.1, -0.05) is 42.5 Å². The molecule has 9 heteroatoms. The van der Waals surface area contributed by atoms with E-state index in [2.05, 4.69) is 4.72 Å². The fourth-order valence-corrected chi connectivity index (χ4v) is 6.56. The van der Waals surface area contributed by atoms with Crippen LogP contribution in [0.1, 0.15) is 41.3 Å². The summed E-state index contributed by atoms with van der Waals surface area (Å²) in [6.45, 7) is 7.22. The van der Waals surface area contributed by atoms with Gasteiger partial charge < -0.3 is 13.9 Å². The molecular weight excluding hydrogens is 552 g/mol. The molecule has 8 nitrogen and oxygen atoms in total. The summed E-state index contributed by atoms with van der Waals surface area (Å²) in [6, 6.07) is 20.8. The van der Waals surface area contributed by atoms with Gasteiger partial charge in [-0.15, -0.1) is 0 Å². The molecule has 5 aromatic rings. The number of aromatic nitrogens is 1. The molecule has 1 atom stereocenters. The molecule has 1 N–H and O–H groups in total. The smallest absolute Gasteiger partial charge is 0.265 e. The standard InChI is InChI=1S/C33H32N2O6S/c1-20-13-14-29(40-22(3)23-15-17-39-18-16-23)30-26(33(36)35-42(37,38)24-9-5-4-6-10-24)19-27(34-31(20)30)32-21(2)25-11-7-8-12-28(25)41-32/h4-14,19,22-23H,15-18H2,1-3H3,(H,35,36)/t22-/m1/s1. The first kappa shape index (κ1) is 27.9. The van der Waals surface area contributed by atoms with Crippen LogP contribution in [0, 0.1) is 19.8 Å². The molecule has 0 spiro atoms. The number of para-hydroxylation sites is 1. The molecule has 216 valence electrons. The quantitative estimate of drug-likeness (QED) is 0.230. The molecule has 3 heterocycles. The Balaban J connectivity index is 1.51. The number of ether oxygens (including phenoxy) is 2. The van der Waals surface area contributed by atoms with Crippen LogP contribution in [0.25, 0.3) is 33.3 Å². The Morgan fingerprint density at radius 2 is 1.71 bits per heavy atom. The summed E-state index contributed by atoms with van der Waals surface area (Å²) in [7, 11) is -4.14. The van der Waals surface area contributed by atoms with Gasteiger partial charge in [-0.2, -0.15) is 0 Å². The van der Waals surface area contributed by atoms with Crippen molar-refractivity contribution in [2.24, 2.45) is 5.92 Å². The van der Waals surface area contributed by atoms with Crippen LogP contribution in [0.15, 0.2) is 82.1 Å². The summed E-state index contributed by atoms with van der Waals surface area (Å²) >= 11 is 0. The minimum atomic E-state index is -4.14. The number of nitrogens with zero attached hydrogens (tertiary/aromatic N) is 1. The van der Waals surface area contributed by atoms with Gasteiger partial charge in [0.2, 0.25) is 0 Å². The zero-order valence-electron chi connectivity index (χ0n) is 23.7. The Kier molecular flexibility index (Phi) is 7.47. The number of rotatable bonds is 7. The van der Waals surface area contributed by atoms with E-state index < -0.39 is 15.9 Å². The van der Waals surface area contributed by atoms with Crippen molar-refractivity contribution in [3.05, 3.63) is 89.5 Å². The number of aryl methyl sites for hydroxylation is 2. The van der Waals surface area contributed by atoms with Crippen LogP contribution in [-0.2, 0) is 14.8 Å². The first-order valence-corrected chi connectivity index (χ1v) is 15.5. The van der Waals surface area contributed by atoms with Gasteiger partial charge in [0, 0.05) is 24.2 Å². The van der Waals surface area contributed by atoms with Crippen molar-refractivity contribution < 1.29 is 27.1 Å². The third kappa shape index (κ3) is 5.26. The van der Waals surface area contributed by atoms with Crippen LogP contribution in [-0.4, -0.2) is 38.6 Å². The molecule has 0 saturated carbocycles.